The van der Waals surface area contributed by atoms with Crippen LogP contribution < -0.4 is 5.73 Å². The second-order valence-electron chi connectivity index (χ2n) is 3.94. The second-order valence-corrected chi connectivity index (χ2v) is 9.10. The average Bonchev–Trinajstić information content (AvgIpc) is 2.48. The van der Waals surface area contributed by atoms with E-state index in [4.69, 9.17) is 23.6 Å². The van der Waals surface area contributed by atoms with Gasteiger partial charge in [-0.3, -0.25) is 4.79 Å². The summed E-state index contributed by atoms with van der Waals surface area (Å²) in [6.45, 7) is 0. The molecule has 2 nitrogen and oxygen atoms in total. The van der Waals surface area contributed by atoms with E-state index in [0.29, 0.717) is 11.3 Å². The van der Waals surface area contributed by atoms with Gasteiger partial charge in [0.2, 0.25) is 0 Å². The Morgan fingerprint density at radius 2 is 1.57 bits per heavy atom. The zero-order chi connectivity index (χ0) is 15.7. The van der Waals surface area contributed by atoms with Crippen molar-refractivity contribution >= 4 is 70.2 Å². The predicted octanol–water partition coefficient (Wildman–Crippen LogP) is 4.93. The van der Waals surface area contributed by atoms with Gasteiger partial charge in [0.05, 0.1) is 0 Å². The Labute approximate surface area is 150 Å². The number of carbonyl (C=O) groups excluding carboxylic acids is 1. The summed E-state index contributed by atoms with van der Waals surface area (Å²) >= 11 is 2.51. The maximum atomic E-state index is 11.9. The number of rotatable bonds is 3. The van der Waals surface area contributed by atoms with Crippen LogP contribution >= 0.6 is 33.8 Å². The summed E-state index contributed by atoms with van der Waals surface area (Å²) in [7, 11) is 9.87. The van der Waals surface area contributed by atoms with E-state index in [-0.39, 0.29) is 5.78 Å². The molecule has 0 aliphatic carbocycles. The topological polar surface area (TPSA) is 43.1 Å². The molecule has 0 aliphatic heterocycles. The minimum atomic E-state index is -0.826. The fourth-order valence-electron chi connectivity index (χ4n) is 1.49. The third-order valence-corrected chi connectivity index (χ3v) is 3.02. The van der Waals surface area contributed by atoms with Crippen molar-refractivity contribution in [3.8, 4) is 0 Å². The molecule has 2 radical (unpaired) electrons. The molecule has 0 saturated carbocycles. The van der Waals surface area contributed by atoms with Crippen molar-refractivity contribution in [2.75, 3.05) is 5.73 Å². The van der Waals surface area contributed by atoms with Crippen LogP contribution in [0, 0.1) is 0 Å². The molecule has 0 fully saturated rings. The van der Waals surface area contributed by atoms with Crippen LogP contribution in [0.4, 0.5) is 5.69 Å². The summed E-state index contributed by atoms with van der Waals surface area (Å²) in [5.74, 6) is -0.0145. The van der Waals surface area contributed by atoms with Crippen LogP contribution in [0.15, 0.2) is 59.1 Å². The molecule has 0 bridgehead atoms. The van der Waals surface area contributed by atoms with E-state index >= 15 is 0 Å². The molecule has 0 aromatic heterocycles. The zero-order valence-electron chi connectivity index (χ0n) is 10.9. The molecular formula is C15H12BrCl2NOSn. The normalized spacial score (nSPS) is 10.0. The number of benzene rings is 2. The van der Waals surface area contributed by atoms with Gasteiger partial charge in [0, 0.05) is 15.7 Å². The number of hydrogen-bond donors (Lipinski definition) is 1. The fraction of sp³-hybridized carbons (Fsp3) is 0. The molecule has 2 aromatic rings. The molecule has 2 aromatic carbocycles. The van der Waals surface area contributed by atoms with E-state index in [0.717, 1.165) is 10.0 Å². The van der Waals surface area contributed by atoms with Crippen molar-refractivity contribution in [1.82, 2.24) is 0 Å². The standard InChI is InChI=1S/C15H12BrNO.2ClH.Sn/c16-13-6-4-12(5-7-13)15(18)10-3-11-1-8-14(17)9-2-11;;;/h1-10H,17H2;2*1H;/q;;;+2/p-2/b10-3+;;;. The van der Waals surface area contributed by atoms with Crippen molar-refractivity contribution in [3.63, 3.8) is 0 Å². The number of allylic oxidation sites excluding steroid dienone is 1. The van der Waals surface area contributed by atoms with E-state index < -0.39 is 18.9 Å². The first-order chi connectivity index (χ1) is 10.1. The fourth-order valence-corrected chi connectivity index (χ4v) is 1.75. The van der Waals surface area contributed by atoms with Crippen molar-refractivity contribution in [2.24, 2.45) is 0 Å². The first-order valence-corrected chi connectivity index (χ1v) is 13.9. The Hall–Kier alpha value is -0.491. The van der Waals surface area contributed by atoms with Crippen LogP contribution in [0.5, 0.6) is 0 Å². The number of hydrogen-bond acceptors (Lipinski definition) is 2. The number of nitrogens with two attached hydrogens (primary N) is 1. The van der Waals surface area contributed by atoms with Crippen molar-refractivity contribution in [3.05, 3.63) is 70.2 Å². The summed E-state index contributed by atoms with van der Waals surface area (Å²) in [4.78, 5) is 11.9. The van der Waals surface area contributed by atoms with Gasteiger partial charge in [-0.25, -0.2) is 0 Å². The van der Waals surface area contributed by atoms with Gasteiger partial charge in [-0.1, -0.05) is 34.1 Å². The molecule has 0 heterocycles. The van der Waals surface area contributed by atoms with Gasteiger partial charge in [-0.2, -0.15) is 0 Å². The van der Waals surface area contributed by atoms with E-state index in [1.54, 1.807) is 24.3 Å². The first kappa shape index (κ1) is 18.6. The van der Waals surface area contributed by atoms with Crippen LogP contribution in [0.25, 0.3) is 6.08 Å². The molecule has 0 amide bonds. The molecule has 108 valence electrons. The Morgan fingerprint density at radius 3 is 2.10 bits per heavy atom. The summed E-state index contributed by atoms with van der Waals surface area (Å²) in [5, 5.41) is 0. The Bertz CT molecular complexity index is 600. The van der Waals surface area contributed by atoms with Gasteiger partial charge in [-0.05, 0) is 48.0 Å². The summed E-state index contributed by atoms with van der Waals surface area (Å²) in [6.07, 6.45) is 3.35. The Kier molecular flexibility index (Phi) is 9.08. The minimum absolute atomic E-state index is 0.0145. The molecule has 21 heavy (non-hydrogen) atoms. The number of nitrogen functional groups attached to an aromatic ring is 1. The van der Waals surface area contributed by atoms with Crippen LogP contribution in [0.2, 0.25) is 0 Å². The summed E-state index contributed by atoms with van der Waals surface area (Å²) in [6, 6.07) is 14.7. The van der Waals surface area contributed by atoms with E-state index in [2.05, 4.69) is 15.9 Å². The number of halogens is 3. The van der Waals surface area contributed by atoms with Gasteiger partial charge in [-0.15, -0.1) is 0 Å². The van der Waals surface area contributed by atoms with E-state index in [1.165, 1.54) is 0 Å². The molecule has 2 N–H and O–H groups in total. The molecule has 2 rings (SSSR count). The van der Waals surface area contributed by atoms with Gasteiger partial charge < -0.3 is 5.73 Å². The SMILES string of the molecule is Nc1ccc(/C=C/C(=O)c2ccc(Br)cc2)cc1.[Cl][Sn][Cl]. The molecule has 6 heteroatoms. The quantitative estimate of drug-likeness (QED) is 0.286. The molecule has 0 spiro atoms. The predicted molar refractivity (Wildman–Crippen MR) is 95.8 cm³/mol. The summed E-state index contributed by atoms with van der Waals surface area (Å²) < 4.78 is 0.960. The number of carbonyl (C=O) groups is 1. The van der Waals surface area contributed by atoms with E-state index in [9.17, 15) is 4.79 Å². The number of ketones is 1. The third kappa shape index (κ3) is 7.36. The van der Waals surface area contributed by atoms with Crippen LogP contribution in [-0.2, 0) is 0 Å². The zero-order valence-corrected chi connectivity index (χ0v) is 16.8. The van der Waals surface area contributed by atoms with Crippen LogP contribution in [-0.4, -0.2) is 24.7 Å². The van der Waals surface area contributed by atoms with Crippen molar-refractivity contribution < 1.29 is 4.79 Å². The van der Waals surface area contributed by atoms with Gasteiger partial charge in [0.1, 0.15) is 0 Å². The van der Waals surface area contributed by atoms with Crippen LogP contribution in [0.1, 0.15) is 15.9 Å². The van der Waals surface area contributed by atoms with E-state index in [1.807, 2.05) is 36.4 Å². The summed E-state index contributed by atoms with van der Waals surface area (Å²) in [5.41, 5.74) is 7.93. The average molecular weight is 492 g/mol. The molecule has 0 atom stereocenters. The molecule has 0 aliphatic rings. The molecule has 0 unspecified atom stereocenters. The number of anilines is 1. The van der Waals surface area contributed by atoms with Crippen molar-refractivity contribution in [1.29, 1.82) is 0 Å². The van der Waals surface area contributed by atoms with Gasteiger partial charge in [0.25, 0.3) is 0 Å². The van der Waals surface area contributed by atoms with Gasteiger partial charge in [0.15, 0.2) is 5.78 Å². The Morgan fingerprint density at radius 1 is 1.05 bits per heavy atom. The van der Waals surface area contributed by atoms with Crippen LogP contribution in [0.3, 0.4) is 0 Å². The first-order valence-electron chi connectivity index (χ1n) is 5.86. The monoisotopic (exact) mass is 491 g/mol. The maximum absolute atomic E-state index is 11.9. The molecule has 0 saturated heterocycles. The van der Waals surface area contributed by atoms with Gasteiger partial charge >= 0.3 is 36.7 Å². The third-order valence-electron chi connectivity index (χ3n) is 2.49. The Balaban J connectivity index is 0.000000677. The van der Waals surface area contributed by atoms with Crippen molar-refractivity contribution in [2.45, 2.75) is 0 Å². The molecular weight excluding hydrogens is 480 g/mol. The second kappa shape index (κ2) is 10.3.